The second kappa shape index (κ2) is 6.48. The molecule has 0 aliphatic carbocycles. The molecule has 0 spiro atoms. The Hall–Kier alpha value is -1.55. The normalized spacial score (nSPS) is 14.5. The van der Waals surface area contributed by atoms with Crippen molar-refractivity contribution in [1.82, 2.24) is 0 Å². The predicted octanol–water partition coefficient (Wildman–Crippen LogP) is 4.80. The van der Waals surface area contributed by atoms with Gasteiger partial charge in [-0.3, -0.25) is 0 Å². The lowest BCUT2D eigenvalue weighted by Gasteiger charge is -2.22. The molecule has 3 rings (SSSR count). The highest BCUT2D eigenvalue weighted by atomic mass is 79.9. The average Bonchev–Trinajstić information content (AvgIpc) is 3.03. The van der Waals surface area contributed by atoms with Crippen molar-refractivity contribution in [3.63, 3.8) is 0 Å². The van der Waals surface area contributed by atoms with Crippen molar-refractivity contribution in [2.45, 2.75) is 19.4 Å². The van der Waals surface area contributed by atoms with Crippen molar-refractivity contribution in [2.75, 3.05) is 23.3 Å². The van der Waals surface area contributed by atoms with Crippen LogP contribution >= 0.6 is 15.9 Å². The summed E-state index contributed by atoms with van der Waals surface area (Å²) in [6.07, 6.45) is 2.49. The van der Waals surface area contributed by atoms with Crippen molar-refractivity contribution in [3.8, 4) is 0 Å². The van der Waals surface area contributed by atoms with Crippen LogP contribution in [0.1, 0.15) is 18.4 Å². The summed E-state index contributed by atoms with van der Waals surface area (Å²) in [5.41, 5.74) is 2.95. The maximum Gasteiger partial charge on any atom is 0.128 e. The van der Waals surface area contributed by atoms with Crippen LogP contribution in [0.25, 0.3) is 0 Å². The minimum atomic E-state index is -0.177. The van der Waals surface area contributed by atoms with Gasteiger partial charge in [0.1, 0.15) is 5.82 Å². The molecule has 2 nitrogen and oxygen atoms in total. The zero-order valence-corrected chi connectivity index (χ0v) is 13.4. The molecule has 0 bridgehead atoms. The van der Waals surface area contributed by atoms with Gasteiger partial charge in [-0.15, -0.1) is 0 Å². The Balaban J connectivity index is 1.77. The van der Waals surface area contributed by atoms with E-state index in [1.165, 1.54) is 24.6 Å². The first-order valence-corrected chi connectivity index (χ1v) is 8.05. The molecule has 110 valence electrons. The molecule has 1 aliphatic rings. The van der Waals surface area contributed by atoms with Crippen LogP contribution in [0.3, 0.4) is 0 Å². The monoisotopic (exact) mass is 348 g/mol. The lowest BCUT2D eigenvalue weighted by Crippen LogP contribution is -2.19. The highest BCUT2D eigenvalue weighted by Crippen LogP contribution is 2.29. The lowest BCUT2D eigenvalue weighted by molar-refractivity contribution is 0.612. The van der Waals surface area contributed by atoms with E-state index in [0.29, 0.717) is 12.1 Å². The van der Waals surface area contributed by atoms with Gasteiger partial charge in [0.05, 0.1) is 11.4 Å². The molecule has 1 heterocycles. The fourth-order valence-electron chi connectivity index (χ4n) is 2.73. The zero-order valence-electron chi connectivity index (χ0n) is 11.8. The van der Waals surface area contributed by atoms with Gasteiger partial charge in [-0.2, -0.15) is 0 Å². The van der Waals surface area contributed by atoms with E-state index in [1.807, 2.05) is 12.1 Å². The molecule has 1 saturated heterocycles. The van der Waals surface area contributed by atoms with Crippen molar-refractivity contribution < 1.29 is 4.39 Å². The first-order valence-electron chi connectivity index (χ1n) is 7.26. The van der Waals surface area contributed by atoms with E-state index < -0.39 is 0 Å². The van der Waals surface area contributed by atoms with Crippen LogP contribution in [0.15, 0.2) is 46.9 Å². The van der Waals surface area contributed by atoms with E-state index in [-0.39, 0.29) is 5.82 Å². The summed E-state index contributed by atoms with van der Waals surface area (Å²) in [5.74, 6) is -0.177. The Morgan fingerprint density at radius 3 is 2.67 bits per heavy atom. The Kier molecular flexibility index (Phi) is 4.44. The van der Waals surface area contributed by atoms with Gasteiger partial charge in [-0.1, -0.05) is 28.1 Å². The second-order valence-corrected chi connectivity index (χ2v) is 6.22. The molecule has 0 atom stereocenters. The Morgan fingerprint density at radius 2 is 1.86 bits per heavy atom. The molecule has 0 aromatic heterocycles. The number of rotatable bonds is 4. The van der Waals surface area contributed by atoms with Crippen LogP contribution in [0.4, 0.5) is 15.8 Å². The molecule has 21 heavy (non-hydrogen) atoms. The topological polar surface area (TPSA) is 15.3 Å². The maximum atomic E-state index is 13.8. The first kappa shape index (κ1) is 14.4. The predicted molar refractivity (Wildman–Crippen MR) is 89.3 cm³/mol. The third-order valence-electron chi connectivity index (χ3n) is 3.83. The number of anilines is 2. The molecule has 0 unspecified atom stereocenters. The molecule has 1 N–H and O–H groups in total. The summed E-state index contributed by atoms with van der Waals surface area (Å²) in [5, 5.41) is 3.37. The summed E-state index contributed by atoms with van der Waals surface area (Å²) in [6, 6.07) is 13.3. The lowest BCUT2D eigenvalue weighted by atomic mass is 10.2. The maximum absolute atomic E-state index is 13.8. The summed E-state index contributed by atoms with van der Waals surface area (Å²) >= 11 is 3.39. The SMILES string of the molecule is Fc1ccc(Br)cc1CNc1ccccc1N1CCCC1. The standard InChI is InChI=1S/C17H18BrFN2/c18-14-7-8-15(19)13(11-14)12-20-16-5-1-2-6-17(16)21-9-3-4-10-21/h1-2,5-8,11,20H,3-4,9-10,12H2. The van der Waals surface area contributed by atoms with Crippen molar-refractivity contribution in [3.05, 3.63) is 58.3 Å². The molecule has 0 radical (unpaired) electrons. The van der Waals surface area contributed by atoms with Crippen LogP contribution < -0.4 is 10.2 Å². The largest absolute Gasteiger partial charge is 0.379 e. The van der Waals surface area contributed by atoms with Crippen molar-refractivity contribution >= 4 is 27.3 Å². The van der Waals surface area contributed by atoms with Crippen LogP contribution in [-0.4, -0.2) is 13.1 Å². The second-order valence-electron chi connectivity index (χ2n) is 5.30. The molecule has 0 amide bonds. The van der Waals surface area contributed by atoms with Gasteiger partial charge in [-0.25, -0.2) is 4.39 Å². The molecule has 1 aliphatic heterocycles. The highest BCUT2D eigenvalue weighted by Gasteiger charge is 2.15. The number of nitrogens with one attached hydrogen (secondary N) is 1. The number of para-hydroxylation sites is 2. The molecule has 2 aromatic rings. The van der Waals surface area contributed by atoms with Gasteiger partial charge in [0.2, 0.25) is 0 Å². The van der Waals surface area contributed by atoms with Crippen LogP contribution in [0.2, 0.25) is 0 Å². The molecule has 0 saturated carbocycles. The smallest absolute Gasteiger partial charge is 0.128 e. The molecular weight excluding hydrogens is 331 g/mol. The van der Waals surface area contributed by atoms with Crippen LogP contribution in [0.5, 0.6) is 0 Å². The van der Waals surface area contributed by atoms with E-state index in [2.05, 4.69) is 44.3 Å². The van der Waals surface area contributed by atoms with Gasteiger partial charge in [0.25, 0.3) is 0 Å². The quantitative estimate of drug-likeness (QED) is 0.853. The Morgan fingerprint density at radius 1 is 1.10 bits per heavy atom. The number of benzene rings is 2. The summed E-state index contributed by atoms with van der Waals surface area (Å²) in [7, 11) is 0. The van der Waals surface area contributed by atoms with Gasteiger partial charge in [0.15, 0.2) is 0 Å². The fraction of sp³-hybridized carbons (Fsp3) is 0.294. The van der Waals surface area contributed by atoms with E-state index >= 15 is 0 Å². The van der Waals surface area contributed by atoms with Crippen molar-refractivity contribution in [2.24, 2.45) is 0 Å². The Bertz CT molecular complexity index is 624. The molecular formula is C17H18BrFN2. The molecule has 1 fully saturated rings. The first-order chi connectivity index (χ1) is 10.2. The Labute approximate surface area is 133 Å². The van der Waals surface area contributed by atoms with Gasteiger partial charge >= 0.3 is 0 Å². The number of halogens is 2. The van der Waals surface area contributed by atoms with Gasteiger partial charge in [-0.05, 0) is 43.2 Å². The van der Waals surface area contributed by atoms with Crippen LogP contribution in [-0.2, 0) is 6.54 Å². The number of nitrogens with zero attached hydrogens (tertiary/aromatic N) is 1. The number of hydrogen-bond acceptors (Lipinski definition) is 2. The summed E-state index contributed by atoms with van der Waals surface area (Å²) < 4.78 is 14.7. The highest BCUT2D eigenvalue weighted by molar-refractivity contribution is 9.10. The minimum Gasteiger partial charge on any atom is -0.379 e. The summed E-state index contributed by atoms with van der Waals surface area (Å²) in [4.78, 5) is 2.39. The van der Waals surface area contributed by atoms with Crippen LogP contribution in [0, 0.1) is 5.82 Å². The van der Waals surface area contributed by atoms with E-state index in [9.17, 15) is 4.39 Å². The van der Waals surface area contributed by atoms with Gasteiger partial charge in [0, 0.05) is 29.7 Å². The zero-order chi connectivity index (χ0) is 14.7. The van der Waals surface area contributed by atoms with E-state index in [4.69, 9.17) is 0 Å². The third-order valence-corrected chi connectivity index (χ3v) is 4.32. The molecule has 2 aromatic carbocycles. The van der Waals surface area contributed by atoms with Gasteiger partial charge < -0.3 is 10.2 Å². The minimum absolute atomic E-state index is 0.177. The number of hydrogen-bond donors (Lipinski definition) is 1. The van der Waals surface area contributed by atoms with E-state index in [1.54, 1.807) is 6.07 Å². The summed E-state index contributed by atoms with van der Waals surface area (Å²) in [6.45, 7) is 2.68. The fourth-order valence-corrected chi connectivity index (χ4v) is 3.13. The van der Waals surface area contributed by atoms with Crippen molar-refractivity contribution in [1.29, 1.82) is 0 Å². The molecule has 4 heteroatoms. The average molecular weight is 349 g/mol. The van der Waals surface area contributed by atoms with E-state index in [0.717, 1.165) is 23.2 Å². The third kappa shape index (κ3) is 3.38.